The summed E-state index contributed by atoms with van der Waals surface area (Å²) < 4.78 is 12.5. The number of nitrogens with zero attached hydrogens (tertiary/aromatic N) is 9. The van der Waals surface area contributed by atoms with Crippen molar-refractivity contribution in [2.24, 2.45) is 5.92 Å². The summed E-state index contributed by atoms with van der Waals surface area (Å²) in [6.45, 7) is 14.7. The molecule has 2 bridgehead atoms. The fourth-order valence-electron chi connectivity index (χ4n) is 12.8. The van der Waals surface area contributed by atoms with E-state index >= 15 is 0 Å². The van der Waals surface area contributed by atoms with Crippen molar-refractivity contribution < 1.29 is 29.1 Å². The lowest BCUT2D eigenvalue weighted by molar-refractivity contribution is -0.141. The van der Waals surface area contributed by atoms with Gasteiger partial charge in [-0.25, -0.2) is 4.98 Å². The van der Waals surface area contributed by atoms with Gasteiger partial charge in [0.05, 0.1) is 44.8 Å². The Labute approximate surface area is 446 Å². The van der Waals surface area contributed by atoms with Crippen molar-refractivity contribution in [1.82, 2.24) is 45.5 Å². The number of nitrogens with one attached hydrogen (secondary N) is 2. The Morgan fingerprint density at radius 3 is 2.50 bits per heavy atom. The number of aliphatic hydroxyl groups excluding tert-OH is 1. The summed E-state index contributed by atoms with van der Waals surface area (Å²) in [5.74, 6) is 0.750. The van der Waals surface area contributed by atoms with Gasteiger partial charge < -0.3 is 44.8 Å². The quantitative estimate of drug-likeness (QED) is 0.0818. The molecule has 3 unspecified atom stereocenters. The first kappa shape index (κ1) is 50.1. The number of aryl methyl sites for hydroxylation is 1. The molecule has 17 nitrogen and oxygen atoms in total. The van der Waals surface area contributed by atoms with Crippen molar-refractivity contribution >= 4 is 56.5 Å². The number of aromatic nitrogens is 5. The predicted octanol–water partition coefficient (Wildman–Crippen LogP) is 7.93. The Kier molecular flexibility index (Phi) is 13.4. The van der Waals surface area contributed by atoms with Gasteiger partial charge in [-0.3, -0.25) is 19.5 Å². The van der Waals surface area contributed by atoms with E-state index in [1.807, 2.05) is 95.0 Å². The molecule has 76 heavy (non-hydrogen) atoms. The van der Waals surface area contributed by atoms with E-state index in [1.165, 1.54) is 10.5 Å². The summed E-state index contributed by atoms with van der Waals surface area (Å²) in [6.07, 6.45) is 5.34. The van der Waals surface area contributed by atoms with Gasteiger partial charge in [0.15, 0.2) is 11.6 Å². The van der Waals surface area contributed by atoms with Crippen LogP contribution in [0.2, 0.25) is 0 Å². The van der Waals surface area contributed by atoms with Gasteiger partial charge in [-0.1, -0.05) is 68.4 Å². The van der Waals surface area contributed by atoms with E-state index in [1.54, 1.807) is 11.3 Å². The SMILES string of the molecule is Cc1ncsc1-c1ccc([C@H](C)NC(=O)[C@@H]2C[C@@H](O)CN2C(=O)[C@H](c2cc(N(C)C3CCN(CCOc4nc(N5CC6CCC(C5)N6)c5cnc6c(c5n4)C(C)c4cccc5cc(O)cc-6c45)CC3)no2)C(C)C)cc1. The molecule has 12 rings (SSSR count). The molecule has 4 N–H and O–H groups in total. The van der Waals surface area contributed by atoms with Crippen LogP contribution in [0.15, 0.2) is 76.9 Å². The number of carbonyl (C=O) groups excluding carboxylic acids is 2. The van der Waals surface area contributed by atoms with E-state index in [2.05, 4.69) is 54.5 Å². The normalized spacial score (nSPS) is 22.3. The number of thiazole rings is 1. The van der Waals surface area contributed by atoms with E-state index < -0.39 is 18.1 Å². The van der Waals surface area contributed by atoms with E-state index in [0.29, 0.717) is 42.8 Å². The van der Waals surface area contributed by atoms with E-state index in [4.69, 9.17) is 24.2 Å². The van der Waals surface area contributed by atoms with Crippen LogP contribution in [0, 0.1) is 12.8 Å². The number of aliphatic hydroxyl groups is 1. The molecule has 3 aromatic carbocycles. The fourth-order valence-corrected chi connectivity index (χ4v) is 13.6. The zero-order valence-corrected chi connectivity index (χ0v) is 44.9. The van der Waals surface area contributed by atoms with Crippen LogP contribution in [0.3, 0.4) is 0 Å². The summed E-state index contributed by atoms with van der Waals surface area (Å²) in [5, 5.41) is 36.1. The van der Waals surface area contributed by atoms with E-state index in [-0.39, 0.29) is 54.4 Å². The summed E-state index contributed by atoms with van der Waals surface area (Å²) in [4.78, 5) is 57.8. The van der Waals surface area contributed by atoms with Gasteiger partial charge in [0.2, 0.25) is 11.8 Å². The standard InChI is InChI=1S/C58H67N11O6S/c1-31(2)49(57(73)69-29-42(71)24-46(69)56(72)61-33(4)35-10-12-36(13-11-35)54-34(5)60-30-76-54)47-25-48(65-75-47)66(6)40-16-18-67(19-17-40)20-21-74-58-63-53-45(55(64-58)68-27-38-14-15-39(28-68)62-38)26-59-52-44-23-41(70)22-37-8-7-9-43(51(37)44)32(3)50(52)53/h7-13,22-23,25-26,30-33,38-40,42,46,49,62,70-71H,14-21,24,27-29H2,1-6H3,(H,61,72)/t32?,33-,38?,39?,42+,46-,49-/m0/s1. The highest BCUT2D eigenvalue weighted by Gasteiger charge is 2.44. The molecule has 0 radical (unpaired) electrons. The Morgan fingerprint density at radius 1 is 0.987 bits per heavy atom. The number of rotatable bonds is 14. The Hall–Kier alpha value is -6.73. The van der Waals surface area contributed by atoms with Gasteiger partial charge in [-0.05, 0) is 85.0 Å². The molecule has 8 heterocycles. The second-order valence-electron chi connectivity index (χ2n) is 22.2. The van der Waals surface area contributed by atoms with Gasteiger partial charge in [0.1, 0.15) is 30.1 Å². The minimum atomic E-state index is -0.825. The van der Waals surface area contributed by atoms with Crippen molar-refractivity contribution in [3.05, 3.63) is 101 Å². The smallest absolute Gasteiger partial charge is 0.319 e. The number of carbonyl (C=O) groups is 2. The second kappa shape index (κ2) is 20.3. The number of hydrogen-bond donors (Lipinski definition) is 4. The first-order valence-corrected chi connectivity index (χ1v) is 28.0. The lowest BCUT2D eigenvalue weighted by Gasteiger charge is -2.36. The monoisotopic (exact) mass is 1050 g/mol. The van der Waals surface area contributed by atoms with E-state index in [0.717, 1.165) is 118 Å². The van der Waals surface area contributed by atoms with Gasteiger partial charge in [-0.2, -0.15) is 9.97 Å². The number of aromatic hydroxyl groups is 1. The molecule has 18 heteroatoms. The number of amides is 2. The number of likely N-dealkylation sites (tertiary alicyclic amines) is 2. The zero-order chi connectivity index (χ0) is 52.5. The zero-order valence-electron chi connectivity index (χ0n) is 44.1. The molecular formula is C58H67N11O6S. The highest BCUT2D eigenvalue weighted by atomic mass is 32.1. The number of hydrogen-bond acceptors (Lipinski definition) is 16. The molecule has 4 saturated heterocycles. The summed E-state index contributed by atoms with van der Waals surface area (Å²) >= 11 is 1.60. The minimum absolute atomic E-state index is 0.00603. The number of piperazine rings is 1. The number of anilines is 2. The Bertz CT molecular complexity index is 3310. The molecule has 0 spiro atoms. The number of benzene rings is 3. The summed E-state index contributed by atoms with van der Waals surface area (Å²) in [5.41, 5.74) is 9.64. The highest BCUT2D eigenvalue weighted by Crippen LogP contribution is 2.49. The third kappa shape index (κ3) is 9.30. The average molecular weight is 1050 g/mol. The Balaban J connectivity index is 0.693. The third-order valence-electron chi connectivity index (χ3n) is 16.9. The number of phenols is 1. The van der Waals surface area contributed by atoms with Crippen LogP contribution >= 0.6 is 11.3 Å². The number of pyridine rings is 1. The topological polar surface area (TPSA) is 198 Å². The Morgan fingerprint density at radius 2 is 1.76 bits per heavy atom. The summed E-state index contributed by atoms with van der Waals surface area (Å²) in [7, 11) is 2.03. The van der Waals surface area contributed by atoms with Crippen molar-refractivity contribution in [2.75, 3.05) is 62.7 Å². The maximum absolute atomic E-state index is 14.5. The van der Waals surface area contributed by atoms with Crippen LogP contribution < -0.4 is 25.2 Å². The molecule has 2 amide bonds. The predicted molar refractivity (Wildman–Crippen MR) is 294 cm³/mol. The van der Waals surface area contributed by atoms with Crippen molar-refractivity contribution in [3.8, 4) is 33.5 Å². The van der Waals surface area contributed by atoms with Gasteiger partial charge in [-0.15, -0.1) is 11.3 Å². The lowest BCUT2D eigenvalue weighted by atomic mass is 9.79. The van der Waals surface area contributed by atoms with Gasteiger partial charge in [0.25, 0.3) is 0 Å². The third-order valence-corrected chi connectivity index (χ3v) is 17.9. The molecule has 0 saturated carbocycles. The van der Waals surface area contributed by atoms with Crippen LogP contribution in [0.5, 0.6) is 11.8 Å². The minimum Gasteiger partial charge on any atom is -0.508 e. The molecule has 4 aromatic heterocycles. The lowest BCUT2D eigenvalue weighted by Crippen LogP contribution is -2.51. The molecule has 7 aromatic rings. The van der Waals surface area contributed by atoms with Crippen molar-refractivity contribution in [3.63, 3.8) is 0 Å². The largest absolute Gasteiger partial charge is 0.508 e. The second-order valence-corrected chi connectivity index (χ2v) is 23.0. The average Bonchev–Trinajstić information content (AvgIpc) is 4.38. The first-order valence-electron chi connectivity index (χ1n) is 27.1. The maximum Gasteiger partial charge on any atom is 0.319 e. The number of fused-ring (bicyclic) bond motifs is 6. The fraction of sp³-hybridized carbons (Fsp3) is 0.466. The number of phenolic OH excluding ortho intramolecular Hbond substituents is 1. The van der Waals surface area contributed by atoms with Crippen molar-refractivity contribution in [2.45, 2.75) is 115 Å². The van der Waals surface area contributed by atoms with Crippen molar-refractivity contribution in [1.29, 1.82) is 0 Å². The molecule has 4 fully saturated rings. The van der Waals surface area contributed by atoms with Crippen LogP contribution in [0.25, 0.3) is 43.4 Å². The maximum atomic E-state index is 14.5. The van der Waals surface area contributed by atoms with Crippen LogP contribution in [0.4, 0.5) is 11.6 Å². The van der Waals surface area contributed by atoms with Crippen LogP contribution in [-0.4, -0.2) is 140 Å². The van der Waals surface area contributed by atoms with Crippen LogP contribution in [-0.2, 0) is 9.59 Å². The number of ether oxygens (including phenoxy) is 1. The highest BCUT2D eigenvalue weighted by molar-refractivity contribution is 7.13. The van der Waals surface area contributed by atoms with Gasteiger partial charge >= 0.3 is 6.01 Å². The molecular weight excluding hydrogens is 979 g/mol. The first-order chi connectivity index (χ1) is 36.8. The van der Waals surface area contributed by atoms with E-state index in [9.17, 15) is 19.8 Å². The molecule has 396 valence electrons. The number of piperidine rings is 1. The molecule has 1 aliphatic carbocycles. The number of β-amino-alcohol motifs (C(OH)–C–C–N with tert-alkyl or cyclic N) is 1. The van der Waals surface area contributed by atoms with Crippen LogP contribution in [0.1, 0.15) is 106 Å². The summed E-state index contributed by atoms with van der Waals surface area (Å²) in [6, 6.07) is 20.1. The molecule has 5 aliphatic rings. The molecule has 4 aliphatic heterocycles. The van der Waals surface area contributed by atoms with Gasteiger partial charge in [0, 0.05) is 100 Å². The molecule has 7 atom stereocenters.